The molecule has 0 radical (unpaired) electrons. The molecule has 0 saturated heterocycles. The van der Waals surface area contributed by atoms with E-state index in [1.165, 1.54) is 0 Å². The molecular formula is C11H8BrCl2NO2. The standard InChI is InChI=1S/C11H8BrCl2NO2/c1-16-7-3-5(13)11(17-2)8-9(12)6(14)4-15-10(7)8/h3-4H,1-2H3. The zero-order valence-electron chi connectivity index (χ0n) is 9.05. The number of methoxy groups -OCH3 is 2. The Morgan fingerprint density at radius 3 is 2.47 bits per heavy atom. The molecule has 1 aromatic heterocycles. The second-order valence-electron chi connectivity index (χ2n) is 3.24. The highest BCUT2D eigenvalue weighted by molar-refractivity contribution is 9.10. The average molecular weight is 337 g/mol. The van der Waals surface area contributed by atoms with Crippen molar-refractivity contribution in [1.82, 2.24) is 4.98 Å². The van der Waals surface area contributed by atoms with Crippen LogP contribution in [-0.2, 0) is 0 Å². The minimum atomic E-state index is 0.446. The first-order valence-electron chi connectivity index (χ1n) is 4.64. The van der Waals surface area contributed by atoms with Crippen LogP contribution >= 0.6 is 39.1 Å². The van der Waals surface area contributed by atoms with Gasteiger partial charge in [-0.1, -0.05) is 23.2 Å². The lowest BCUT2D eigenvalue weighted by Gasteiger charge is -2.12. The molecule has 0 bridgehead atoms. The van der Waals surface area contributed by atoms with Crippen molar-refractivity contribution in [3.05, 3.63) is 26.8 Å². The Labute approximate surface area is 117 Å². The topological polar surface area (TPSA) is 31.4 Å². The highest BCUT2D eigenvalue weighted by atomic mass is 79.9. The third-order valence-corrected chi connectivity index (χ3v) is 3.95. The van der Waals surface area contributed by atoms with Gasteiger partial charge in [-0.05, 0) is 15.9 Å². The SMILES string of the molecule is COc1cc(Cl)c(OC)c2c(Br)c(Cl)cnc12. The monoisotopic (exact) mass is 335 g/mol. The largest absolute Gasteiger partial charge is 0.494 e. The highest BCUT2D eigenvalue weighted by Crippen LogP contribution is 2.43. The van der Waals surface area contributed by atoms with Crippen LogP contribution in [0.25, 0.3) is 10.9 Å². The molecule has 90 valence electrons. The fourth-order valence-corrected chi connectivity index (χ4v) is 2.47. The minimum absolute atomic E-state index is 0.446. The molecule has 0 aliphatic carbocycles. The van der Waals surface area contributed by atoms with Crippen LogP contribution in [0.1, 0.15) is 0 Å². The van der Waals surface area contributed by atoms with E-state index in [2.05, 4.69) is 20.9 Å². The van der Waals surface area contributed by atoms with Gasteiger partial charge in [-0.3, -0.25) is 4.98 Å². The fraction of sp³-hybridized carbons (Fsp3) is 0.182. The van der Waals surface area contributed by atoms with E-state index in [4.69, 9.17) is 32.7 Å². The van der Waals surface area contributed by atoms with Crippen LogP contribution in [0.2, 0.25) is 10.0 Å². The molecule has 0 spiro atoms. The van der Waals surface area contributed by atoms with Gasteiger partial charge in [0.25, 0.3) is 0 Å². The lowest BCUT2D eigenvalue weighted by atomic mass is 10.2. The van der Waals surface area contributed by atoms with Crippen LogP contribution in [0.15, 0.2) is 16.7 Å². The summed E-state index contributed by atoms with van der Waals surface area (Å²) in [6, 6.07) is 1.66. The van der Waals surface area contributed by atoms with Crippen molar-refractivity contribution in [2.45, 2.75) is 0 Å². The summed E-state index contributed by atoms with van der Waals surface area (Å²) < 4.78 is 11.2. The molecule has 0 N–H and O–H groups in total. The first-order chi connectivity index (χ1) is 8.10. The quantitative estimate of drug-likeness (QED) is 0.818. The summed E-state index contributed by atoms with van der Waals surface area (Å²) in [5, 5.41) is 1.63. The van der Waals surface area contributed by atoms with Gasteiger partial charge in [-0.25, -0.2) is 0 Å². The van der Waals surface area contributed by atoms with Gasteiger partial charge in [0.2, 0.25) is 0 Å². The maximum atomic E-state index is 6.11. The molecule has 0 aliphatic heterocycles. The van der Waals surface area contributed by atoms with Crippen LogP contribution in [0.4, 0.5) is 0 Å². The van der Waals surface area contributed by atoms with Gasteiger partial charge < -0.3 is 9.47 Å². The number of hydrogen-bond acceptors (Lipinski definition) is 3. The van der Waals surface area contributed by atoms with Crippen LogP contribution in [0.3, 0.4) is 0 Å². The summed E-state index contributed by atoms with van der Waals surface area (Å²) in [6.07, 6.45) is 1.55. The van der Waals surface area contributed by atoms with Gasteiger partial charge in [-0.2, -0.15) is 0 Å². The predicted octanol–water partition coefficient (Wildman–Crippen LogP) is 4.32. The second-order valence-corrected chi connectivity index (χ2v) is 4.85. The van der Waals surface area contributed by atoms with E-state index in [0.717, 1.165) is 0 Å². The second kappa shape index (κ2) is 4.88. The Balaban J connectivity index is 2.98. The van der Waals surface area contributed by atoms with Crippen molar-refractivity contribution < 1.29 is 9.47 Å². The number of fused-ring (bicyclic) bond motifs is 1. The van der Waals surface area contributed by atoms with Crippen LogP contribution < -0.4 is 9.47 Å². The number of benzene rings is 1. The maximum Gasteiger partial charge on any atom is 0.148 e. The molecular weight excluding hydrogens is 329 g/mol. The average Bonchev–Trinajstić information content (AvgIpc) is 2.33. The van der Waals surface area contributed by atoms with Crippen molar-refractivity contribution in [3.63, 3.8) is 0 Å². The van der Waals surface area contributed by atoms with E-state index in [1.807, 2.05) is 0 Å². The van der Waals surface area contributed by atoms with E-state index in [-0.39, 0.29) is 0 Å². The van der Waals surface area contributed by atoms with E-state index in [9.17, 15) is 0 Å². The molecule has 1 aromatic carbocycles. The third kappa shape index (κ3) is 2.05. The van der Waals surface area contributed by atoms with Crippen molar-refractivity contribution in [2.75, 3.05) is 14.2 Å². The summed E-state index contributed by atoms with van der Waals surface area (Å²) >= 11 is 15.5. The number of aromatic nitrogens is 1. The lowest BCUT2D eigenvalue weighted by Crippen LogP contribution is -1.94. The van der Waals surface area contributed by atoms with Gasteiger partial charge in [0.1, 0.15) is 17.0 Å². The van der Waals surface area contributed by atoms with Gasteiger partial charge in [-0.15, -0.1) is 0 Å². The Morgan fingerprint density at radius 2 is 1.88 bits per heavy atom. The Morgan fingerprint density at radius 1 is 1.18 bits per heavy atom. The molecule has 17 heavy (non-hydrogen) atoms. The van der Waals surface area contributed by atoms with Gasteiger partial charge >= 0.3 is 0 Å². The van der Waals surface area contributed by atoms with Crippen LogP contribution in [-0.4, -0.2) is 19.2 Å². The molecule has 1 heterocycles. The summed E-state index contributed by atoms with van der Waals surface area (Å²) in [5.41, 5.74) is 0.644. The number of hydrogen-bond donors (Lipinski definition) is 0. The zero-order chi connectivity index (χ0) is 12.6. The fourth-order valence-electron chi connectivity index (χ4n) is 1.58. The van der Waals surface area contributed by atoms with E-state index < -0.39 is 0 Å². The first kappa shape index (κ1) is 12.7. The molecule has 0 aliphatic rings. The Kier molecular flexibility index (Phi) is 3.66. The number of nitrogens with zero attached hydrogens (tertiary/aromatic N) is 1. The van der Waals surface area contributed by atoms with Crippen molar-refractivity contribution in [2.24, 2.45) is 0 Å². The maximum absolute atomic E-state index is 6.11. The molecule has 0 atom stereocenters. The number of rotatable bonds is 2. The number of pyridine rings is 1. The van der Waals surface area contributed by atoms with E-state index in [0.29, 0.717) is 36.9 Å². The van der Waals surface area contributed by atoms with Crippen molar-refractivity contribution in [1.29, 1.82) is 0 Å². The summed E-state index contributed by atoms with van der Waals surface area (Å²) in [5.74, 6) is 1.09. The first-order valence-corrected chi connectivity index (χ1v) is 6.19. The summed E-state index contributed by atoms with van der Waals surface area (Å²) in [4.78, 5) is 4.24. The predicted molar refractivity (Wildman–Crippen MR) is 72.6 cm³/mol. The van der Waals surface area contributed by atoms with E-state index in [1.54, 1.807) is 26.5 Å². The normalized spacial score (nSPS) is 10.6. The van der Waals surface area contributed by atoms with Crippen LogP contribution in [0, 0.1) is 0 Å². The van der Waals surface area contributed by atoms with E-state index >= 15 is 0 Å². The van der Waals surface area contributed by atoms with Gasteiger partial charge in [0.15, 0.2) is 0 Å². The Hall–Kier alpha value is -0.710. The van der Waals surface area contributed by atoms with Crippen molar-refractivity contribution >= 4 is 50.0 Å². The Bertz CT molecular complexity index is 589. The lowest BCUT2D eigenvalue weighted by molar-refractivity contribution is 0.410. The number of ether oxygens (including phenoxy) is 2. The molecule has 0 saturated carbocycles. The summed E-state index contributed by atoms with van der Waals surface area (Å²) in [7, 11) is 3.10. The molecule has 0 amide bonds. The zero-order valence-corrected chi connectivity index (χ0v) is 12.2. The van der Waals surface area contributed by atoms with Crippen molar-refractivity contribution in [3.8, 4) is 11.5 Å². The highest BCUT2D eigenvalue weighted by Gasteiger charge is 2.17. The molecule has 6 heteroatoms. The summed E-state index contributed by atoms with van der Waals surface area (Å²) in [6.45, 7) is 0. The van der Waals surface area contributed by atoms with Gasteiger partial charge in [0.05, 0.1) is 34.1 Å². The molecule has 3 nitrogen and oxygen atoms in total. The molecule has 0 fully saturated rings. The smallest absolute Gasteiger partial charge is 0.148 e. The number of halogens is 3. The van der Waals surface area contributed by atoms with Crippen LogP contribution in [0.5, 0.6) is 11.5 Å². The molecule has 2 rings (SSSR count). The van der Waals surface area contributed by atoms with Gasteiger partial charge in [0, 0.05) is 12.3 Å². The minimum Gasteiger partial charge on any atom is -0.494 e. The molecule has 2 aromatic rings. The third-order valence-electron chi connectivity index (χ3n) is 2.33. The molecule has 0 unspecified atom stereocenters.